The molecule has 26 heavy (non-hydrogen) atoms. The van der Waals surface area contributed by atoms with Crippen molar-refractivity contribution in [3.63, 3.8) is 0 Å². The summed E-state index contributed by atoms with van der Waals surface area (Å²) in [5, 5.41) is 4.28. The number of carbonyl (C=O) groups excluding carboxylic acids is 1. The molecule has 0 spiro atoms. The lowest BCUT2D eigenvalue weighted by molar-refractivity contribution is 0.0716. The van der Waals surface area contributed by atoms with E-state index in [0.717, 1.165) is 5.82 Å². The zero-order valence-electron chi connectivity index (χ0n) is 15.3. The number of nitrogens with zero attached hydrogens (tertiary/aromatic N) is 5. The zero-order chi connectivity index (χ0) is 18.3. The van der Waals surface area contributed by atoms with Crippen molar-refractivity contribution in [3.05, 3.63) is 71.6 Å². The van der Waals surface area contributed by atoms with Gasteiger partial charge in [-0.1, -0.05) is 24.3 Å². The molecule has 1 aromatic carbocycles. The summed E-state index contributed by atoms with van der Waals surface area (Å²) < 4.78 is 3.85. The SMILES string of the molecule is CC(C)n1ccnc1[C@@H]1CN(C(=O)c2ccn(C)n2)Cc2ccccc21. The van der Waals surface area contributed by atoms with Crippen LogP contribution in [0, 0.1) is 0 Å². The van der Waals surface area contributed by atoms with Crippen LogP contribution in [0.5, 0.6) is 0 Å². The molecule has 0 bridgehead atoms. The molecular weight excluding hydrogens is 326 g/mol. The number of hydrogen-bond acceptors (Lipinski definition) is 3. The molecule has 1 aliphatic rings. The molecule has 2 aromatic heterocycles. The fourth-order valence-corrected chi connectivity index (χ4v) is 3.70. The second-order valence-corrected chi connectivity index (χ2v) is 7.10. The van der Waals surface area contributed by atoms with E-state index in [1.165, 1.54) is 11.1 Å². The molecule has 0 N–H and O–H groups in total. The van der Waals surface area contributed by atoms with Crippen LogP contribution < -0.4 is 0 Å². The van der Waals surface area contributed by atoms with Gasteiger partial charge < -0.3 is 9.47 Å². The van der Waals surface area contributed by atoms with E-state index in [9.17, 15) is 4.79 Å². The predicted molar refractivity (Wildman–Crippen MR) is 98.8 cm³/mol. The third kappa shape index (κ3) is 2.81. The molecule has 6 nitrogen and oxygen atoms in total. The van der Waals surface area contributed by atoms with Gasteiger partial charge in [0.1, 0.15) is 11.5 Å². The fourth-order valence-electron chi connectivity index (χ4n) is 3.70. The van der Waals surface area contributed by atoms with Gasteiger partial charge in [-0.3, -0.25) is 9.48 Å². The van der Waals surface area contributed by atoms with Crippen LogP contribution >= 0.6 is 0 Å². The van der Waals surface area contributed by atoms with Crippen molar-refractivity contribution in [2.75, 3.05) is 6.54 Å². The molecule has 0 aliphatic carbocycles. The molecule has 0 radical (unpaired) electrons. The maximum Gasteiger partial charge on any atom is 0.274 e. The summed E-state index contributed by atoms with van der Waals surface area (Å²) in [7, 11) is 1.82. The van der Waals surface area contributed by atoms with Crippen molar-refractivity contribution in [2.24, 2.45) is 7.05 Å². The van der Waals surface area contributed by atoms with Crippen LogP contribution in [0.25, 0.3) is 0 Å². The Bertz CT molecular complexity index is 939. The molecule has 0 fully saturated rings. The van der Waals surface area contributed by atoms with Gasteiger partial charge in [-0.05, 0) is 31.0 Å². The van der Waals surface area contributed by atoms with E-state index in [1.807, 2.05) is 30.4 Å². The van der Waals surface area contributed by atoms with Gasteiger partial charge in [0.25, 0.3) is 5.91 Å². The van der Waals surface area contributed by atoms with Gasteiger partial charge in [0.05, 0.1) is 5.92 Å². The summed E-state index contributed by atoms with van der Waals surface area (Å²) in [6, 6.07) is 10.4. The van der Waals surface area contributed by atoms with Crippen molar-refractivity contribution in [1.82, 2.24) is 24.2 Å². The molecule has 6 heteroatoms. The lowest BCUT2D eigenvalue weighted by Crippen LogP contribution is -2.39. The Hall–Kier alpha value is -2.89. The molecule has 4 rings (SSSR count). The molecule has 1 atom stereocenters. The third-order valence-electron chi connectivity index (χ3n) is 4.98. The van der Waals surface area contributed by atoms with Gasteiger partial charge in [0.15, 0.2) is 0 Å². The van der Waals surface area contributed by atoms with E-state index >= 15 is 0 Å². The van der Waals surface area contributed by atoms with Gasteiger partial charge in [0.2, 0.25) is 0 Å². The van der Waals surface area contributed by atoms with Crippen molar-refractivity contribution in [3.8, 4) is 0 Å². The summed E-state index contributed by atoms with van der Waals surface area (Å²) in [5.41, 5.74) is 2.91. The van der Waals surface area contributed by atoms with Gasteiger partial charge in [-0.15, -0.1) is 0 Å². The minimum atomic E-state index is -0.0345. The topological polar surface area (TPSA) is 56.0 Å². The minimum Gasteiger partial charge on any atom is -0.332 e. The molecule has 0 saturated heterocycles. The highest BCUT2D eigenvalue weighted by molar-refractivity contribution is 5.92. The first-order chi connectivity index (χ1) is 12.5. The number of amides is 1. The van der Waals surface area contributed by atoms with Gasteiger partial charge >= 0.3 is 0 Å². The highest BCUT2D eigenvalue weighted by Gasteiger charge is 2.32. The number of aryl methyl sites for hydroxylation is 1. The number of hydrogen-bond donors (Lipinski definition) is 0. The van der Waals surface area contributed by atoms with Crippen LogP contribution in [-0.2, 0) is 13.6 Å². The third-order valence-corrected chi connectivity index (χ3v) is 4.98. The van der Waals surface area contributed by atoms with Crippen LogP contribution in [0.3, 0.4) is 0 Å². The molecule has 1 aliphatic heterocycles. The van der Waals surface area contributed by atoms with Gasteiger partial charge in [-0.2, -0.15) is 5.10 Å². The first-order valence-electron chi connectivity index (χ1n) is 8.94. The van der Waals surface area contributed by atoms with Crippen LogP contribution in [0.2, 0.25) is 0 Å². The average molecular weight is 349 g/mol. The van der Waals surface area contributed by atoms with Crippen molar-refractivity contribution in [2.45, 2.75) is 32.4 Å². The summed E-state index contributed by atoms with van der Waals surface area (Å²) in [6.07, 6.45) is 5.66. The Morgan fingerprint density at radius 2 is 2.00 bits per heavy atom. The smallest absolute Gasteiger partial charge is 0.274 e. The van der Waals surface area contributed by atoms with E-state index in [0.29, 0.717) is 24.8 Å². The van der Waals surface area contributed by atoms with Crippen molar-refractivity contribution >= 4 is 5.91 Å². The van der Waals surface area contributed by atoms with Gasteiger partial charge in [-0.25, -0.2) is 4.98 Å². The summed E-state index contributed by atoms with van der Waals surface area (Å²) >= 11 is 0. The van der Waals surface area contributed by atoms with E-state index in [4.69, 9.17) is 0 Å². The second-order valence-electron chi connectivity index (χ2n) is 7.10. The van der Waals surface area contributed by atoms with Crippen LogP contribution in [-0.4, -0.2) is 36.7 Å². The average Bonchev–Trinajstić information content (AvgIpc) is 3.29. The van der Waals surface area contributed by atoms with Crippen LogP contribution in [0.1, 0.15) is 53.2 Å². The van der Waals surface area contributed by atoms with Crippen molar-refractivity contribution in [1.29, 1.82) is 0 Å². The Labute approximate surface area is 153 Å². The lowest BCUT2D eigenvalue weighted by Gasteiger charge is -2.34. The molecule has 0 unspecified atom stereocenters. The fraction of sp³-hybridized carbons (Fsp3) is 0.350. The summed E-state index contributed by atoms with van der Waals surface area (Å²) in [4.78, 5) is 19.5. The van der Waals surface area contributed by atoms with E-state index in [1.54, 1.807) is 16.9 Å². The molecule has 1 amide bonds. The highest BCUT2D eigenvalue weighted by Crippen LogP contribution is 2.34. The maximum absolute atomic E-state index is 13.0. The normalized spacial score (nSPS) is 16.8. The van der Waals surface area contributed by atoms with Crippen LogP contribution in [0.4, 0.5) is 0 Å². The molecule has 3 aromatic rings. The van der Waals surface area contributed by atoms with Crippen LogP contribution in [0.15, 0.2) is 48.9 Å². The highest BCUT2D eigenvalue weighted by atomic mass is 16.2. The Kier molecular flexibility index (Phi) is 4.11. The first kappa shape index (κ1) is 16.6. The Balaban J connectivity index is 1.74. The maximum atomic E-state index is 13.0. The molecule has 0 saturated carbocycles. The molecule has 134 valence electrons. The predicted octanol–water partition coefficient (Wildman–Crippen LogP) is 2.99. The van der Waals surface area contributed by atoms with Crippen molar-refractivity contribution < 1.29 is 4.79 Å². The number of aromatic nitrogens is 4. The molecular formula is C20H23N5O. The molecule has 3 heterocycles. The standard InChI is InChI=1S/C20H23N5O/c1-14(2)25-11-9-21-19(25)17-13-24(12-15-6-4-5-7-16(15)17)20(26)18-8-10-23(3)22-18/h4-11,14,17H,12-13H2,1-3H3/t17-/m1/s1. The largest absolute Gasteiger partial charge is 0.332 e. The summed E-state index contributed by atoms with van der Waals surface area (Å²) in [5.74, 6) is 1.03. The summed E-state index contributed by atoms with van der Waals surface area (Å²) in [6.45, 7) is 5.51. The Morgan fingerprint density at radius 3 is 2.73 bits per heavy atom. The number of rotatable bonds is 3. The first-order valence-corrected chi connectivity index (χ1v) is 8.94. The Morgan fingerprint density at radius 1 is 1.19 bits per heavy atom. The number of carbonyl (C=O) groups is 1. The van der Waals surface area contributed by atoms with Gasteiger partial charge in [0, 0.05) is 44.8 Å². The quantitative estimate of drug-likeness (QED) is 0.730. The van der Waals surface area contributed by atoms with E-state index in [2.05, 4.69) is 46.7 Å². The minimum absolute atomic E-state index is 0.0345. The second kappa shape index (κ2) is 6.44. The monoisotopic (exact) mass is 349 g/mol. The zero-order valence-corrected chi connectivity index (χ0v) is 15.3. The van der Waals surface area contributed by atoms with E-state index in [-0.39, 0.29) is 11.8 Å². The lowest BCUT2D eigenvalue weighted by atomic mass is 9.88. The number of benzene rings is 1. The number of imidazole rings is 1. The van der Waals surface area contributed by atoms with E-state index < -0.39 is 0 Å². The number of fused-ring (bicyclic) bond motifs is 1.